The van der Waals surface area contributed by atoms with Gasteiger partial charge in [-0.05, 0) is 18.6 Å². The molecule has 0 fully saturated rings. The molecule has 4 nitrogen and oxygen atoms in total. The van der Waals surface area contributed by atoms with E-state index < -0.39 is 23.3 Å². The van der Waals surface area contributed by atoms with Crippen LogP contribution in [0.2, 0.25) is 0 Å². The molecule has 0 N–H and O–H groups in total. The first-order valence-electron chi connectivity index (χ1n) is 7.07. The fourth-order valence-corrected chi connectivity index (χ4v) is 2.36. The summed E-state index contributed by atoms with van der Waals surface area (Å²) in [6.07, 6.45) is 6.10. The second kappa shape index (κ2) is 7.03. The quantitative estimate of drug-likeness (QED) is 0.595. The van der Waals surface area contributed by atoms with E-state index in [1.165, 1.54) is 36.4 Å². The van der Waals surface area contributed by atoms with E-state index in [0.717, 1.165) is 0 Å². The second-order valence-electron chi connectivity index (χ2n) is 5.04. The first-order valence-corrected chi connectivity index (χ1v) is 7.07. The molecule has 1 aliphatic rings. The standard InChI is InChI=1S/C18H16FNO3/c1-2-3-10-23-18(12-20)9-8-13(17(21)22)11-15(18)14-6-4-5-7-16(14)19/h2,4-9,11,13H,1,3,10H2,(H,21,22)/p-1. The van der Waals surface area contributed by atoms with Crippen molar-refractivity contribution in [2.45, 2.75) is 12.0 Å². The van der Waals surface area contributed by atoms with Crippen LogP contribution in [0.25, 0.3) is 5.57 Å². The molecular formula is C18H15FNO3-. The Morgan fingerprint density at radius 2 is 2.26 bits per heavy atom. The highest BCUT2D eigenvalue weighted by atomic mass is 19.1. The maximum absolute atomic E-state index is 14.2. The fourth-order valence-electron chi connectivity index (χ4n) is 2.36. The van der Waals surface area contributed by atoms with Crippen molar-refractivity contribution in [3.05, 3.63) is 66.5 Å². The largest absolute Gasteiger partial charge is 0.549 e. The fraction of sp³-hybridized carbons (Fsp3) is 0.222. The van der Waals surface area contributed by atoms with E-state index in [1.807, 2.05) is 6.07 Å². The molecule has 0 heterocycles. The lowest BCUT2D eigenvalue weighted by molar-refractivity contribution is -0.308. The smallest absolute Gasteiger partial charge is 0.198 e. The third-order valence-corrected chi connectivity index (χ3v) is 3.54. The number of rotatable bonds is 6. The molecule has 1 aromatic carbocycles. The molecule has 0 aromatic heterocycles. The lowest BCUT2D eigenvalue weighted by Crippen LogP contribution is -2.37. The monoisotopic (exact) mass is 312 g/mol. The van der Waals surface area contributed by atoms with Gasteiger partial charge >= 0.3 is 0 Å². The molecule has 0 amide bonds. The van der Waals surface area contributed by atoms with Crippen LogP contribution in [0.15, 0.2) is 55.1 Å². The SMILES string of the molecule is C=CCCOC1(C#N)C=CC(C(=O)[O-])C=C1c1ccccc1F. The van der Waals surface area contributed by atoms with Gasteiger partial charge in [0.05, 0.1) is 12.6 Å². The zero-order valence-electron chi connectivity index (χ0n) is 12.4. The zero-order chi connectivity index (χ0) is 16.9. The van der Waals surface area contributed by atoms with Gasteiger partial charge in [-0.2, -0.15) is 5.26 Å². The van der Waals surface area contributed by atoms with Crippen LogP contribution in [0.4, 0.5) is 4.39 Å². The Morgan fingerprint density at radius 1 is 1.52 bits per heavy atom. The van der Waals surface area contributed by atoms with Gasteiger partial charge in [0.15, 0.2) is 5.60 Å². The minimum Gasteiger partial charge on any atom is -0.549 e. The highest BCUT2D eigenvalue weighted by molar-refractivity contribution is 5.85. The van der Waals surface area contributed by atoms with Gasteiger partial charge in [-0.1, -0.05) is 36.4 Å². The molecular weight excluding hydrogens is 297 g/mol. The van der Waals surface area contributed by atoms with E-state index in [-0.39, 0.29) is 17.7 Å². The number of aliphatic carboxylic acids is 1. The summed E-state index contributed by atoms with van der Waals surface area (Å²) in [6.45, 7) is 3.77. The van der Waals surface area contributed by atoms with Crippen LogP contribution < -0.4 is 5.11 Å². The Morgan fingerprint density at radius 3 is 2.87 bits per heavy atom. The number of nitrogens with zero attached hydrogens (tertiary/aromatic N) is 1. The van der Waals surface area contributed by atoms with E-state index >= 15 is 0 Å². The number of nitriles is 1. The first-order chi connectivity index (χ1) is 11.0. The highest BCUT2D eigenvalue weighted by Crippen LogP contribution is 2.37. The van der Waals surface area contributed by atoms with Crippen LogP contribution in [0.1, 0.15) is 12.0 Å². The van der Waals surface area contributed by atoms with Crippen LogP contribution in [0.5, 0.6) is 0 Å². The van der Waals surface area contributed by atoms with Crippen LogP contribution in [-0.4, -0.2) is 18.2 Å². The summed E-state index contributed by atoms with van der Waals surface area (Å²) in [5.74, 6) is -2.93. The molecule has 2 unspecified atom stereocenters. The molecule has 0 saturated heterocycles. The molecule has 0 bridgehead atoms. The number of carboxylic acids is 1. The van der Waals surface area contributed by atoms with Crippen LogP contribution in [0, 0.1) is 23.1 Å². The number of benzene rings is 1. The van der Waals surface area contributed by atoms with Gasteiger partial charge in [-0.25, -0.2) is 4.39 Å². The van der Waals surface area contributed by atoms with Crippen molar-refractivity contribution in [1.29, 1.82) is 5.26 Å². The molecule has 2 atom stereocenters. The number of hydrogen-bond donors (Lipinski definition) is 0. The minimum absolute atomic E-state index is 0.128. The lowest BCUT2D eigenvalue weighted by atomic mass is 9.81. The normalized spacial score (nSPS) is 23.0. The number of carboxylic acid groups (broad SMARTS) is 1. The summed E-state index contributed by atoms with van der Waals surface area (Å²) < 4.78 is 19.8. The topological polar surface area (TPSA) is 73.1 Å². The Kier molecular flexibility index (Phi) is 5.09. The van der Waals surface area contributed by atoms with Crippen LogP contribution >= 0.6 is 0 Å². The van der Waals surface area contributed by atoms with Crippen molar-refractivity contribution < 1.29 is 19.0 Å². The van der Waals surface area contributed by atoms with Crippen molar-refractivity contribution in [2.24, 2.45) is 5.92 Å². The predicted molar refractivity (Wildman–Crippen MR) is 81.1 cm³/mol. The highest BCUT2D eigenvalue weighted by Gasteiger charge is 2.38. The van der Waals surface area contributed by atoms with Gasteiger partial charge in [0.1, 0.15) is 11.9 Å². The Hall–Kier alpha value is -2.71. The predicted octanol–water partition coefficient (Wildman–Crippen LogP) is 2.00. The maximum Gasteiger partial charge on any atom is 0.198 e. The van der Waals surface area contributed by atoms with E-state index in [0.29, 0.717) is 6.42 Å². The number of carbonyl (C=O) groups is 1. The number of ether oxygens (including phenoxy) is 1. The number of carbonyl (C=O) groups excluding carboxylic acids is 1. The van der Waals surface area contributed by atoms with Crippen molar-refractivity contribution in [2.75, 3.05) is 6.61 Å². The number of halogens is 1. The third kappa shape index (κ3) is 3.38. The number of hydrogen-bond acceptors (Lipinski definition) is 4. The first kappa shape index (κ1) is 16.7. The van der Waals surface area contributed by atoms with E-state index in [4.69, 9.17) is 4.74 Å². The van der Waals surface area contributed by atoms with Crippen molar-refractivity contribution >= 4 is 11.5 Å². The van der Waals surface area contributed by atoms with Gasteiger partial charge in [-0.3, -0.25) is 0 Å². The lowest BCUT2D eigenvalue weighted by Gasteiger charge is -2.32. The molecule has 1 aliphatic carbocycles. The average molecular weight is 312 g/mol. The molecule has 118 valence electrons. The van der Waals surface area contributed by atoms with Crippen LogP contribution in [-0.2, 0) is 9.53 Å². The molecule has 0 saturated carbocycles. The third-order valence-electron chi connectivity index (χ3n) is 3.54. The molecule has 0 aliphatic heterocycles. The minimum atomic E-state index is -1.54. The molecule has 0 spiro atoms. The van der Waals surface area contributed by atoms with Gasteiger partial charge in [-0.15, -0.1) is 6.58 Å². The van der Waals surface area contributed by atoms with E-state index in [2.05, 4.69) is 6.58 Å². The summed E-state index contributed by atoms with van der Waals surface area (Å²) in [6, 6.07) is 7.87. The zero-order valence-corrected chi connectivity index (χ0v) is 12.4. The summed E-state index contributed by atoms with van der Waals surface area (Å²) in [5.41, 5.74) is -1.25. The molecule has 5 heteroatoms. The van der Waals surface area contributed by atoms with Crippen LogP contribution in [0.3, 0.4) is 0 Å². The van der Waals surface area contributed by atoms with Gasteiger partial charge in [0.2, 0.25) is 0 Å². The van der Waals surface area contributed by atoms with Gasteiger partial charge in [0, 0.05) is 17.1 Å². The molecule has 0 radical (unpaired) electrons. The summed E-state index contributed by atoms with van der Waals surface area (Å²) in [7, 11) is 0. The summed E-state index contributed by atoms with van der Waals surface area (Å²) in [4.78, 5) is 11.1. The van der Waals surface area contributed by atoms with Crippen molar-refractivity contribution in [3.63, 3.8) is 0 Å². The summed E-state index contributed by atoms with van der Waals surface area (Å²) in [5, 5.41) is 20.7. The van der Waals surface area contributed by atoms with Gasteiger partial charge < -0.3 is 14.6 Å². The van der Waals surface area contributed by atoms with Crippen molar-refractivity contribution in [3.8, 4) is 6.07 Å². The van der Waals surface area contributed by atoms with E-state index in [1.54, 1.807) is 12.1 Å². The average Bonchev–Trinajstić information content (AvgIpc) is 2.55. The second-order valence-corrected chi connectivity index (χ2v) is 5.04. The summed E-state index contributed by atoms with van der Waals surface area (Å²) >= 11 is 0. The van der Waals surface area contributed by atoms with E-state index in [9.17, 15) is 19.6 Å². The van der Waals surface area contributed by atoms with Crippen molar-refractivity contribution in [1.82, 2.24) is 0 Å². The Labute approximate surface area is 133 Å². The maximum atomic E-state index is 14.2. The molecule has 2 rings (SSSR count). The molecule has 23 heavy (non-hydrogen) atoms. The Bertz CT molecular complexity index is 717. The Balaban J connectivity index is 2.52. The van der Waals surface area contributed by atoms with Gasteiger partial charge in [0.25, 0.3) is 0 Å². The molecule has 1 aromatic rings.